The molecule has 1 saturated heterocycles. The molecule has 24 heavy (non-hydrogen) atoms. The van der Waals surface area contributed by atoms with Crippen molar-refractivity contribution in [3.8, 4) is 0 Å². The Hall–Kier alpha value is -0.860. The summed E-state index contributed by atoms with van der Waals surface area (Å²) in [5.41, 5.74) is 1.47. The van der Waals surface area contributed by atoms with Crippen molar-refractivity contribution in [2.45, 2.75) is 63.6 Å². The minimum Gasteiger partial charge on any atom is -0.309 e. The van der Waals surface area contributed by atoms with Crippen LogP contribution in [0.5, 0.6) is 0 Å². The molecule has 130 valence electrons. The highest BCUT2D eigenvalue weighted by atomic mass is 15.2. The Morgan fingerprint density at radius 1 is 0.917 bits per heavy atom. The molecule has 1 aromatic carbocycles. The fraction of sp³-hybridized carbons (Fsp3) is 0.727. The number of benzene rings is 1. The summed E-state index contributed by atoms with van der Waals surface area (Å²) in [6, 6.07) is 12.6. The average Bonchev–Trinajstić information content (AvgIpc) is 2.59. The van der Waals surface area contributed by atoms with Crippen LogP contribution < -0.4 is 5.32 Å². The monoisotopic (exact) mass is 324 g/mol. The van der Waals surface area contributed by atoms with Crippen molar-refractivity contribution in [1.29, 1.82) is 0 Å². The van der Waals surface area contributed by atoms with Gasteiger partial charge < -0.3 is 5.32 Å². The fourth-order valence-electron chi connectivity index (χ4n) is 6.65. The maximum Gasteiger partial charge on any atom is 0.0234 e. The number of nitrogens with zero attached hydrogens (tertiary/aromatic N) is 1. The van der Waals surface area contributed by atoms with E-state index in [2.05, 4.69) is 40.5 Å². The number of hydrogen-bond donors (Lipinski definition) is 1. The highest BCUT2D eigenvalue weighted by molar-refractivity contribution is 5.14. The van der Waals surface area contributed by atoms with Gasteiger partial charge in [-0.1, -0.05) is 30.3 Å². The Morgan fingerprint density at radius 3 is 2.33 bits per heavy atom. The van der Waals surface area contributed by atoms with E-state index in [1.54, 1.807) is 6.42 Å². The second-order valence-electron chi connectivity index (χ2n) is 9.18. The summed E-state index contributed by atoms with van der Waals surface area (Å²) in [6.07, 6.45) is 10.4. The van der Waals surface area contributed by atoms with Crippen molar-refractivity contribution in [3.63, 3.8) is 0 Å². The molecule has 0 spiro atoms. The van der Waals surface area contributed by atoms with Gasteiger partial charge >= 0.3 is 0 Å². The minimum absolute atomic E-state index is 0.727. The molecule has 1 atom stereocenters. The van der Waals surface area contributed by atoms with Crippen molar-refractivity contribution >= 4 is 0 Å². The summed E-state index contributed by atoms with van der Waals surface area (Å²) in [7, 11) is 0. The Bertz CT molecular complexity index is 526. The van der Waals surface area contributed by atoms with Crippen molar-refractivity contribution in [2.24, 2.45) is 23.7 Å². The second kappa shape index (κ2) is 6.46. The van der Waals surface area contributed by atoms with Gasteiger partial charge in [0.2, 0.25) is 0 Å². The summed E-state index contributed by atoms with van der Waals surface area (Å²) in [4.78, 5) is 2.67. The topological polar surface area (TPSA) is 15.3 Å². The van der Waals surface area contributed by atoms with E-state index in [-0.39, 0.29) is 0 Å². The van der Waals surface area contributed by atoms with Crippen LogP contribution in [0.3, 0.4) is 0 Å². The first-order valence-corrected chi connectivity index (χ1v) is 10.4. The fourth-order valence-corrected chi connectivity index (χ4v) is 6.65. The van der Waals surface area contributed by atoms with E-state index in [0.29, 0.717) is 0 Å². The Labute approximate surface area is 147 Å². The largest absolute Gasteiger partial charge is 0.309 e. The number of piperidine rings is 1. The maximum atomic E-state index is 4.18. The molecule has 4 aliphatic carbocycles. The zero-order valence-electron chi connectivity index (χ0n) is 14.9. The maximum absolute atomic E-state index is 4.18. The van der Waals surface area contributed by atoms with E-state index < -0.39 is 0 Å². The molecule has 6 rings (SSSR count). The SMILES string of the molecule is c1ccc(CN2CCCC(NC3C4CC5CC(C4)CC3C5)C2)cc1. The van der Waals surface area contributed by atoms with Crippen LogP contribution in [-0.4, -0.2) is 30.1 Å². The van der Waals surface area contributed by atoms with Crippen molar-refractivity contribution in [2.75, 3.05) is 13.1 Å². The molecule has 4 saturated carbocycles. The Balaban J connectivity index is 1.20. The van der Waals surface area contributed by atoms with Gasteiger partial charge in [0.05, 0.1) is 0 Å². The lowest BCUT2D eigenvalue weighted by Gasteiger charge is -2.55. The van der Waals surface area contributed by atoms with Crippen molar-refractivity contribution in [1.82, 2.24) is 10.2 Å². The number of hydrogen-bond acceptors (Lipinski definition) is 2. The van der Waals surface area contributed by atoms with Crippen LogP contribution in [0, 0.1) is 23.7 Å². The molecule has 0 aromatic heterocycles. The molecule has 1 N–H and O–H groups in total. The molecular formula is C22H32N2. The standard InChI is InChI=1S/C22H32N2/c1-2-5-16(6-3-1)14-24-8-4-7-21(15-24)23-22-19-10-17-9-18(12-19)13-20(22)11-17/h1-3,5-6,17-23H,4,7-15H2. The van der Waals surface area contributed by atoms with Gasteiger partial charge in [-0.2, -0.15) is 0 Å². The minimum atomic E-state index is 0.727. The summed E-state index contributed by atoms with van der Waals surface area (Å²) in [5.74, 6) is 4.19. The lowest BCUT2D eigenvalue weighted by Crippen LogP contribution is -2.59. The third-order valence-corrected chi connectivity index (χ3v) is 7.41. The van der Waals surface area contributed by atoms with Crippen LogP contribution >= 0.6 is 0 Å². The number of nitrogens with one attached hydrogen (secondary N) is 1. The summed E-state index contributed by atoms with van der Waals surface area (Å²) < 4.78 is 0. The van der Waals surface area contributed by atoms with Crippen LogP contribution in [0.25, 0.3) is 0 Å². The van der Waals surface area contributed by atoms with Gasteiger partial charge in [-0.3, -0.25) is 4.90 Å². The molecule has 0 amide bonds. The zero-order valence-corrected chi connectivity index (χ0v) is 14.9. The highest BCUT2D eigenvalue weighted by Crippen LogP contribution is 2.53. The molecule has 2 nitrogen and oxygen atoms in total. The first kappa shape index (κ1) is 15.4. The van der Waals surface area contributed by atoms with Crippen molar-refractivity contribution < 1.29 is 0 Å². The average molecular weight is 325 g/mol. The van der Waals surface area contributed by atoms with Crippen molar-refractivity contribution in [3.05, 3.63) is 35.9 Å². The Morgan fingerprint density at radius 2 is 1.62 bits per heavy atom. The molecular weight excluding hydrogens is 292 g/mol. The number of rotatable bonds is 4. The van der Waals surface area contributed by atoms with Crippen LogP contribution in [0.4, 0.5) is 0 Å². The molecule has 5 aliphatic rings. The zero-order chi connectivity index (χ0) is 15.9. The first-order valence-electron chi connectivity index (χ1n) is 10.4. The smallest absolute Gasteiger partial charge is 0.0234 e. The van der Waals surface area contributed by atoms with Gasteiger partial charge in [0.15, 0.2) is 0 Å². The van der Waals surface area contributed by atoms with Crippen LogP contribution in [0.2, 0.25) is 0 Å². The molecule has 2 heteroatoms. The third kappa shape index (κ3) is 3.04. The molecule has 1 heterocycles. The van der Waals surface area contributed by atoms with Gasteiger partial charge in [0.1, 0.15) is 0 Å². The quantitative estimate of drug-likeness (QED) is 0.898. The van der Waals surface area contributed by atoms with E-state index in [4.69, 9.17) is 0 Å². The van der Waals surface area contributed by atoms with Gasteiger partial charge in [-0.05, 0) is 80.7 Å². The van der Waals surface area contributed by atoms with E-state index in [1.165, 1.54) is 57.2 Å². The molecule has 0 radical (unpaired) electrons. The molecule has 1 unspecified atom stereocenters. The van der Waals surface area contributed by atoms with E-state index >= 15 is 0 Å². The molecule has 5 fully saturated rings. The summed E-state index contributed by atoms with van der Waals surface area (Å²) in [6.45, 7) is 3.65. The summed E-state index contributed by atoms with van der Waals surface area (Å²) >= 11 is 0. The van der Waals surface area contributed by atoms with Gasteiger partial charge in [0, 0.05) is 25.2 Å². The molecule has 4 bridgehead atoms. The first-order chi connectivity index (χ1) is 11.8. The summed E-state index contributed by atoms with van der Waals surface area (Å²) in [5, 5.41) is 4.18. The highest BCUT2D eigenvalue weighted by Gasteiger charge is 2.48. The van der Waals surface area contributed by atoms with Crippen LogP contribution in [0.1, 0.15) is 50.5 Å². The van der Waals surface area contributed by atoms with Gasteiger partial charge in [-0.25, -0.2) is 0 Å². The Kier molecular flexibility index (Phi) is 4.14. The third-order valence-electron chi connectivity index (χ3n) is 7.41. The second-order valence-corrected chi connectivity index (χ2v) is 9.18. The van der Waals surface area contributed by atoms with Gasteiger partial charge in [-0.15, -0.1) is 0 Å². The van der Waals surface area contributed by atoms with E-state index in [9.17, 15) is 0 Å². The van der Waals surface area contributed by atoms with E-state index in [1.807, 2.05) is 0 Å². The lowest BCUT2D eigenvalue weighted by atomic mass is 9.54. The van der Waals surface area contributed by atoms with Crippen LogP contribution in [-0.2, 0) is 6.54 Å². The predicted molar refractivity (Wildman–Crippen MR) is 98.7 cm³/mol. The number of likely N-dealkylation sites (tertiary alicyclic amines) is 1. The molecule has 1 aromatic rings. The van der Waals surface area contributed by atoms with Gasteiger partial charge in [0.25, 0.3) is 0 Å². The predicted octanol–water partition coefficient (Wildman–Crippen LogP) is 4.07. The molecule has 1 aliphatic heterocycles. The van der Waals surface area contributed by atoms with Crippen LogP contribution in [0.15, 0.2) is 30.3 Å². The normalized spacial score (nSPS) is 41.7. The van der Waals surface area contributed by atoms with E-state index in [0.717, 1.165) is 42.3 Å². The lowest BCUT2D eigenvalue weighted by molar-refractivity contribution is -0.0213.